The molecular formula is C15H12ClNS2. The van der Waals surface area contributed by atoms with E-state index in [1.807, 2.05) is 25.2 Å². The smallest absolute Gasteiger partial charge is 0.103 e. The molecular weight excluding hydrogens is 294 g/mol. The van der Waals surface area contributed by atoms with E-state index in [1.54, 1.807) is 23.1 Å². The molecule has 0 unspecified atom stereocenters. The van der Waals surface area contributed by atoms with E-state index in [9.17, 15) is 0 Å². The van der Waals surface area contributed by atoms with Gasteiger partial charge in [-0.25, -0.2) is 0 Å². The number of hydrogen-bond acceptors (Lipinski definition) is 3. The molecule has 0 spiro atoms. The largest absolute Gasteiger partial charge is 0.379 e. The maximum Gasteiger partial charge on any atom is 0.103 e. The molecule has 96 valence electrons. The average molecular weight is 306 g/mol. The molecule has 3 aromatic rings. The summed E-state index contributed by atoms with van der Waals surface area (Å²) in [6, 6.07) is 16.4. The topological polar surface area (TPSA) is 12.0 Å². The average Bonchev–Trinajstić information content (AvgIpc) is 2.77. The van der Waals surface area contributed by atoms with Crippen LogP contribution < -0.4 is 5.32 Å². The molecule has 2 aromatic carbocycles. The quantitative estimate of drug-likeness (QED) is 0.661. The van der Waals surface area contributed by atoms with E-state index in [0.29, 0.717) is 0 Å². The molecule has 1 nitrogen and oxygen atoms in total. The third kappa shape index (κ3) is 2.59. The molecule has 0 saturated carbocycles. The normalized spacial score (nSPS) is 10.8. The Kier molecular flexibility index (Phi) is 3.69. The van der Waals surface area contributed by atoms with Gasteiger partial charge in [-0.05, 0) is 24.3 Å². The van der Waals surface area contributed by atoms with Crippen LogP contribution in [0.5, 0.6) is 0 Å². The first-order valence-corrected chi connectivity index (χ1v) is 7.92. The summed E-state index contributed by atoms with van der Waals surface area (Å²) in [6.45, 7) is 0. The molecule has 0 aliphatic carbocycles. The van der Waals surface area contributed by atoms with Crippen molar-refractivity contribution in [3.05, 3.63) is 53.6 Å². The van der Waals surface area contributed by atoms with Crippen LogP contribution in [-0.2, 0) is 0 Å². The number of fused-ring (bicyclic) bond motifs is 1. The molecule has 19 heavy (non-hydrogen) atoms. The van der Waals surface area contributed by atoms with Crippen molar-refractivity contribution in [3.63, 3.8) is 0 Å². The summed E-state index contributed by atoms with van der Waals surface area (Å²) in [4.78, 5) is 2.43. The van der Waals surface area contributed by atoms with Crippen LogP contribution in [-0.4, -0.2) is 7.05 Å². The molecule has 3 rings (SSSR count). The highest BCUT2D eigenvalue weighted by atomic mass is 35.5. The Morgan fingerprint density at radius 3 is 2.74 bits per heavy atom. The zero-order chi connectivity index (χ0) is 13.2. The molecule has 1 aromatic heterocycles. The van der Waals surface area contributed by atoms with Gasteiger partial charge < -0.3 is 5.32 Å². The lowest BCUT2D eigenvalue weighted by molar-refractivity contribution is 1.43. The lowest BCUT2D eigenvalue weighted by atomic mass is 10.3. The molecule has 0 atom stereocenters. The fourth-order valence-electron chi connectivity index (χ4n) is 1.94. The zero-order valence-corrected chi connectivity index (χ0v) is 12.7. The molecule has 0 amide bonds. The van der Waals surface area contributed by atoms with E-state index in [2.05, 4.69) is 35.6 Å². The Labute approximate surface area is 125 Å². The number of anilines is 1. The Hall–Kier alpha value is -1.16. The molecule has 0 saturated heterocycles. The van der Waals surface area contributed by atoms with Gasteiger partial charge in [0.25, 0.3) is 0 Å². The van der Waals surface area contributed by atoms with E-state index in [1.165, 1.54) is 20.0 Å². The van der Waals surface area contributed by atoms with Gasteiger partial charge in [0.15, 0.2) is 0 Å². The van der Waals surface area contributed by atoms with Crippen molar-refractivity contribution in [1.29, 1.82) is 0 Å². The summed E-state index contributed by atoms with van der Waals surface area (Å²) in [7, 11) is 1.97. The first-order valence-electron chi connectivity index (χ1n) is 5.90. The molecule has 0 aliphatic rings. The molecule has 0 bridgehead atoms. The van der Waals surface area contributed by atoms with E-state index in [-0.39, 0.29) is 0 Å². The molecule has 0 fully saturated rings. The van der Waals surface area contributed by atoms with Gasteiger partial charge in [0.2, 0.25) is 0 Å². The second kappa shape index (κ2) is 5.45. The molecule has 0 aliphatic heterocycles. The lowest BCUT2D eigenvalue weighted by Crippen LogP contribution is -1.85. The van der Waals surface area contributed by atoms with Crippen molar-refractivity contribution >= 4 is 49.8 Å². The maximum absolute atomic E-state index is 6.05. The number of nitrogens with one attached hydrogen (secondary N) is 1. The van der Waals surface area contributed by atoms with E-state index < -0.39 is 0 Å². The van der Waals surface area contributed by atoms with Crippen LogP contribution in [0.3, 0.4) is 0 Å². The summed E-state index contributed by atoms with van der Waals surface area (Å²) in [5.41, 5.74) is 0. The first-order chi connectivity index (χ1) is 9.28. The van der Waals surface area contributed by atoms with E-state index >= 15 is 0 Å². The lowest BCUT2D eigenvalue weighted by Gasteiger charge is -2.04. The number of halogens is 1. The predicted octanol–water partition coefficient (Wildman–Crippen LogP) is 5.75. The molecule has 1 heterocycles. The van der Waals surface area contributed by atoms with Crippen molar-refractivity contribution in [1.82, 2.24) is 0 Å². The van der Waals surface area contributed by atoms with Gasteiger partial charge in [0.05, 0.1) is 4.90 Å². The molecule has 0 radical (unpaired) electrons. The monoisotopic (exact) mass is 305 g/mol. The van der Waals surface area contributed by atoms with Crippen LogP contribution in [0.25, 0.3) is 10.1 Å². The fraction of sp³-hybridized carbons (Fsp3) is 0.0667. The summed E-state index contributed by atoms with van der Waals surface area (Å²) in [5.74, 6) is 0. The van der Waals surface area contributed by atoms with Gasteiger partial charge in [-0.15, -0.1) is 11.3 Å². The van der Waals surface area contributed by atoms with Gasteiger partial charge in [-0.2, -0.15) is 0 Å². The van der Waals surface area contributed by atoms with Crippen molar-refractivity contribution in [3.8, 4) is 0 Å². The number of thiophene rings is 1. The minimum absolute atomic E-state index is 0.774. The Morgan fingerprint density at radius 1 is 1.11 bits per heavy atom. The van der Waals surface area contributed by atoms with Crippen LogP contribution in [0, 0.1) is 0 Å². The second-order valence-corrected chi connectivity index (χ2v) is 6.64. The summed E-state index contributed by atoms with van der Waals surface area (Å²) < 4.78 is 1.30. The highest BCUT2D eigenvalue weighted by Crippen LogP contribution is 2.44. The maximum atomic E-state index is 6.05. The third-order valence-corrected chi connectivity index (χ3v) is 5.46. The zero-order valence-electron chi connectivity index (χ0n) is 10.3. The van der Waals surface area contributed by atoms with Gasteiger partial charge in [0.1, 0.15) is 5.00 Å². The Morgan fingerprint density at radius 2 is 1.95 bits per heavy atom. The van der Waals surface area contributed by atoms with Gasteiger partial charge in [-0.3, -0.25) is 0 Å². The van der Waals surface area contributed by atoms with Crippen LogP contribution in [0.2, 0.25) is 5.02 Å². The fourth-order valence-corrected chi connectivity index (χ4v) is 4.51. The van der Waals surface area contributed by atoms with Crippen LogP contribution in [0.15, 0.2) is 58.3 Å². The highest BCUT2D eigenvalue weighted by Gasteiger charge is 2.12. The third-order valence-electron chi connectivity index (χ3n) is 2.79. The predicted molar refractivity (Wildman–Crippen MR) is 86.9 cm³/mol. The first kappa shape index (κ1) is 12.9. The SMILES string of the molecule is CNc1sc2ccccc2c1Sc1cccc(Cl)c1. The minimum atomic E-state index is 0.774. The van der Waals surface area contributed by atoms with Crippen molar-refractivity contribution < 1.29 is 0 Å². The van der Waals surface area contributed by atoms with Crippen molar-refractivity contribution in [2.45, 2.75) is 9.79 Å². The van der Waals surface area contributed by atoms with Gasteiger partial charge in [-0.1, -0.05) is 47.6 Å². The Balaban J connectivity index is 2.08. The molecule has 4 heteroatoms. The second-order valence-electron chi connectivity index (χ2n) is 4.07. The molecule has 1 N–H and O–H groups in total. The Bertz CT molecular complexity index is 721. The van der Waals surface area contributed by atoms with Gasteiger partial charge in [0, 0.05) is 27.1 Å². The standard InChI is InChI=1S/C15H12ClNS2/c1-17-15-14(12-7-2-3-8-13(12)19-15)18-11-6-4-5-10(16)9-11/h2-9,17H,1H3. The van der Waals surface area contributed by atoms with Crippen LogP contribution in [0.4, 0.5) is 5.00 Å². The van der Waals surface area contributed by atoms with E-state index in [4.69, 9.17) is 11.6 Å². The number of hydrogen-bond donors (Lipinski definition) is 1. The van der Waals surface area contributed by atoms with Crippen molar-refractivity contribution in [2.75, 3.05) is 12.4 Å². The van der Waals surface area contributed by atoms with Crippen LogP contribution in [0.1, 0.15) is 0 Å². The minimum Gasteiger partial charge on any atom is -0.379 e. The number of rotatable bonds is 3. The highest BCUT2D eigenvalue weighted by molar-refractivity contribution is 8.00. The van der Waals surface area contributed by atoms with E-state index in [0.717, 1.165) is 9.92 Å². The van der Waals surface area contributed by atoms with Gasteiger partial charge >= 0.3 is 0 Å². The van der Waals surface area contributed by atoms with Crippen molar-refractivity contribution in [2.24, 2.45) is 0 Å². The summed E-state index contributed by atoms with van der Waals surface area (Å²) in [6.07, 6.45) is 0. The summed E-state index contributed by atoms with van der Waals surface area (Å²) >= 11 is 9.59. The number of benzene rings is 2. The van der Waals surface area contributed by atoms with Crippen LogP contribution >= 0.6 is 34.7 Å². The summed E-state index contributed by atoms with van der Waals surface area (Å²) in [5, 5.41) is 6.55.